The first-order valence-electron chi connectivity index (χ1n) is 3.65. The van der Waals surface area contributed by atoms with Gasteiger partial charge < -0.3 is 14.6 Å². The quantitative estimate of drug-likeness (QED) is 0.594. The highest BCUT2D eigenvalue weighted by Gasteiger charge is 2.07. The minimum atomic E-state index is -0.739. The lowest BCUT2D eigenvalue weighted by atomic mass is 10.5. The van der Waals surface area contributed by atoms with Gasteiger partial charge in [-0.2, -0.15) is 0 Å². The van der Waals surface area contributed by atoms with Crippen molar-refractivity contribution in [2.45, 2.75) is 39.8 Å². The fraction of sp³-hybridized carbons (Fsp3) is 1.00. The van der Waals surface area contributed by atoms with Crippen LogP contribution in [0.4, 0.5) is 0 Å². The Bertz CT molecular complexity index is 73.3. The Morgan fingerprint density at radius 3 is 2.30 bits per heavy atom. The van der Waals surface area contributed by atoms with Crippen molar-refractivity contribution in [2.24, 2.45) is 0 Å². The van der Waals surface area contributed by atoms with E-state index in [4.69, 9.17) is 14.6 Å². The van der Waals surface area contributed by atoms with Gasteiger partial charge in [0, 0.05) is 6.61 Å². The minimum Gasteiger partial charge on any atom is -0.368 e. The molecule has 2 unspecified atom stereocenters. The van der Waals surface area contributed by atoms with Crippen LogP contribution in [-0.2, 0) is 9.47 Å². The lowest BCUT2D eigenvalue weighted by molar-refractivity contribution is -0.220. The van der Waals surface area contributed by atoms with Gasteiger partial charge >= 0.3 is 0 Å². The van der Waals surface area contributed by atoms with Crippen LogP contribution in [0.2, 0.25) is 0 Å². The van der Waals surface area contributed by atoms with Crippen molar-refractivity contribution in [2.75, 3.05) is 6.61 Å². The van der Waals surface area contributed by atoms with Crippen LogP contribution >= 0.6 is 0 Å². The van der Waals surface area contributed by atoms with E-state index in [1.54, 1.807) is 6.92 Å². The SMILES string of the molecule is CCOC(CC)OC(C)O. The first-order valence-corrected chi connectivity index (χ1v) is 3.65. The summed E-state index contributed by atoms with van der Waals surface area (Å²) in [6, 6.07) is 0. The molecule has 0 bridgehead atoms. The third kappa shape index (κ3) is 4.73. The van der Waals surface area contributed by atoms with Crippen molar-refractivity contribution in [3.63, 3.8) is 0 Å². The Balaban J connectivity index is 3.39. The van der Waals surface area contributed by atoms with Crippen LogP contribution in [0.1, 0.15) is 27.2 Å². The molecule has 3 nitrogen and oxygen atoms in total. The number of aliphatic hydroxyl groups excluding tert-OH is 1. The van der Waals surface area contributed by atoms with Crippen molar-refractivity contribution in [3.8, 4) is 0 Å². The highest BCUT2D eigenvalue weighted by Crippen LogP contribution is 2.01. The third-order valence-corrected chi connectivity index (χ3v) is 1.03. The molecule has 0 saturated heterocycles. The summed E-state index contributed by atoms with van der Waals surface area (Å²) in [5, 5.41) is 8.78. The van der Waals surface area contributed by atoms with E-state index in [2.05, 4.69) is 0 Å². The molecule has 0 saturated carbocycles. The lowest BCUT2D eigenvalue weighted by Crippen LogP contribution is -2.21. The van der Waals surface area contributed by atoms with Gasteiger partial charge in [-0.3, -0.25) is 0 Å². The zero-order chi connectivity index (χ0) is 7.98. The van der Waals surface area contributed by atoms with Crippen molar-refractivity contribution in [3.05, 3.63) is 0 Å². The van der Waals surface area contributed by atoms with Gasteiger partial charge in [0.1, 0.15) is 0 Å². The van der Waals surface area contributed by atoms with Crippen molar-refractivity contribution in [1.82, 2.24) is 0 Å². The molecular formula is C7H16O3. The molecule has 0 aliphatic carbocycles. The zero-order valence-electron chi connectivity index (χ0n) is 6.83. The number of hydrogen-bond acceptors (Lipinski definition) is 3. The molecule has 0 aromatic heterocycles. The van der Waals surface area contributed by atoms with E-state index < -0.39 is 6.29 Å². The maximum Gasteiger partial charge on any atom is 0.160 e. The predicted molar refractivity (Wildman–Crippen MR) is 38.5 cm³/mol. The Morgan fingerprint density at radius 1 is 1.40 bits per heavy atom. The Morgan fingerprint density at radius 2 is 2.00 bits per heavy atom. The second-order valence-corrected chi connectivity index (χ2v) is 2.03. The summed E-state index contributed by atoms with van der Waals surface area (Å²) in [7, 11) is 0. The van der Waals surface area contributed by atoms with Crippen LogP contribution < -0.4 is 0 Å². The molecule has 3 heteroatoms. The number of aliphatic hydroxyl groups is 1. The van der Waals surface area contributed by atoms with Gasteiger partial charge in [0.15, 0.2) is 12.6 Å². The van der Waals surface area contributed by atoms with Crippen LogP contribution in [0.15, 0.2) is 0 Å². The molecule has 0 heterocycles. The van der Waals surface area contributed by atoms with Crippen LogP contribution in [0.25, 0.3) is 0 Å². The summed E-state index contributed by atoms with van der Waals surface area (Å²) in [6.45, 7) is 6.03. The molecule has 0 radical (unpaired) electrons. The van der Waals surface area contributed by atoms with Crippen molar-refractivity contribution in [1.29, 1.82) is 0 Å². The fourth-order valence-electron chi connectivity index (χ4n) is 0.659. The van der Waals surface area contributed by atoms with Gasteiger partial charge in [-0.25, -0.2) is 0 Å². The molecule has 0 aliphatic heterocycles. The van der Waals surface area contributed by atoms with E-state index in [9.17, 15) is 0 Å². The summed E-state index contributed by atoms with van der Waals surface area (Å²) in [6.07, 6.45) is -0.236. The van der Waals surface area contributed by atoms with E-state index in [1.807, 2.05) is 13.8 Å². The number of ether oxygens (including phenoxy) is 2. The summed E-state index contributed by atoms with van der Waals surface area (Å²) >= 11 is 0. The zero-order valence-corrected chi connectivity index (χ0v) is 6.83. The molecule has 1 N–H and O–H groups in total. The highest BCUT2D eigenvalue weighted by atomic mass is 16.7. The van der Waals surface area contributed by atoms with Gasteiger partial charge in [-0.15, -0.1) is 0 Å². The Labute approximate surface area is 62.0 Å². The predicted octanol–water partition coefficient (Wildman–Crippen LogP) is 1.11. The van der Waals surface area contributed by atoms with E-state index in [-0.39, 0.29) is 6.29 Å². The van der Waals surface area contributed by atoms with Gasteiger partial charge in [0.05, 0.1) is 0 Å². The van der Waals surface area contributed by atoms with Crippen LogP contribution in [0.3, 0.4) is 0 Å². The van der Waals surface area contributed by atoms with Crippen molar-refractivity contribution >= 4 is 0 Å². The third-order valence-electron chi connectivity index (χ3n) is 1.03. The number of rotatable bonds is 5. The molecule has 2 atom stereocenters. The van der Waals surface area contributed by atoms with Crippen LogP contribution in [-0.4, -0.2) is 24.3 Å². The molecule has 0 spiro atoms. The first-order chi connectivity index (χ1) is 4.70. The average molecular weight is 148 g/mol. The summed E-state index contributed by atoms with van der Waals surface area (Å²) in [5.41, 5.74) is 0. The maximum atomic E-state index is 8.78. The minimum absolute atomic E-state index is 0.259. The lowest BCUT2D eigenvalue weighted by Gasteiger charge is -2.17. The van der Waals surface area contributed by atoms with Gasteiger partial charge in [0.2, 0.25) is 0 Å². The summed E-state index contributed by atoms with van der Waals surface area (Å²) < 4.78 is 10.1. The van der Waals surface area contributed by atoms with E-state index >= 15 is 0 Å². The van der Waals surface area contributed by atoms with Gasteiger partial charge in [-0.05, 0) is 20.3 Å². The Kier molecular flexibility index (Phi) is 5.58. The first kappa shape index (κ1) is 9.88. The molecule has 0 aromatic carbocycles. The second kappa shape index (κ2) is 5.65. The standard InChI is InChI=1S/C7H16O3/c1-4-7(9-5-2)10-6(3)8/h6-8H,4-5H2,1-3H3. The monoisotopic (exact) mass is 148 g/mol. The Hall–Kier alpha value is -0.120. The van der Waals surface area contributed by atoms with E-state index in [0.29, 0.717) is 6.61 Å². The number of hydrogen-bond donors (Lipinski definition) is 1. The van der Waals surface area contributed by atoms with E-state index in [0.717, 1.165) is 6.42 Å². The largest absolute Gasteiger partial charge is 0.368 e. The topological polar surface area (TPSA) is 38.7 Å². The normalized spacial score (nSPS) is 16.8. The van der Waals surface area contributed by atoms with Gasteiger partial charge in [-0.1, -0.05) is 6.92 Å². The smallest absolute Gasteiger partial charge is 0.160 e. The fourth-order valence-corrected chi connectivity index (χ4v) is 0.659. The molecule has 62 valence electrons. The highest BCUT2D eigenvalue weighted by molar-refractivity contribution is 4.38. The molecule has 10 heavy (non-hydrogen) atoms. The summed E-state index contributed by atoms with van der Waals surface area (Å²) in [4.78, 5) is 0. The molecule has 0 aliphatic rings. The van der Waals surface area contributed by atoms with Crippen LogP contribution in [0, 0.1) is 0 Å². The van der Waals surface area contributed by atoms with Gasteiger partial charge in [0.25, 0.3) is 0 Å². The summed E-state index contributed by atoms with van der Waals surface area (Å²) in [5.74, 6) is 0. The molecule has 0 fully saturated rings. The molecular weight excluding hydrogens is 132 g/mol. The second-order valence-electron chi connectivity index (χ2n) is 2.03. The maximum absolute atomic E-state index is 8.78. The van der Waals surface area contributed by atoms with E-state index in [1.165, 1.54) is 0 Å². The molecule has 0 amide bonds. The average Bonchev–Trinajstić information content (AvgIpc) is 1.86. The van der Waals surface area contributed by atoms with Crippen molar-refractivity contribution < 1.29 is 14.6 Å². The van der Waals surface area contributed by atoms with Crippen LogP contribution in [0.5, 0.6) is 0 Å². The molecule has 0 aromatic rings. The molecule has 0 rings (SSSR count).